The van der Waals surface area contributed by atoms with Gasteiger partial charge in [0, 0.05) is 23.7 Å². The summed E-state index contributed by atoms with van der Waals surface area (Å²) in [6.45, 7) is 0.371. The number of nitrogens with one attached hydrogen (secondary N) is 2. The van der Waals surface area contributed by atoms with E-state index in [-0.39, 0.29) is 33.3 Å². The summed E-state index contributed by atoms with van der Waals surface area (Å²) in [5.74, 6) is -0.285. The van der Waals surface area contributed by atoms with Crippen LogP contribution >= 0.6 is 23.2 Å². The van der Waals surface area contributed by atoms with Crippen LogP contribution < -0.4 is 10.6 Å². The number of hydrogen-bond acceptors (Lipinski definition) is 4. The summed E-state index contributed by atoms with van der Waals surface area (Å²) < 4.78 is 1.39. The molecule has 2 amide bonds. The highest BCUT2D eigenvalue weighted by atomic mass is 35.5. The average molecular weight is 535 g/mol. The molecule has 3 aromatic carbocycles. The molecule has 1 aliphatic rings. The lowest BCUT2D eigenvalue weighted by atomic mass is 9.82. The molecule has 188 valence electrons. The number of benzene rings is 3. The molecule has 1 saturated carbocycles. The molecule has 0 spiro atoms. The number of phenols is 1. The Bertz CT molecular complexity index is 1450. The largest absolute Gasteiger partial charge is 0.507 e. The van der Waals surface area contributed by atoms with Gasteiger partial charge >= 0.3 is 6.03 Å². The minimum atomic E-state index is -0.479. The normalized spacial score (nSPS) is 13.1. The van der Waals surface area contributed by atoms with Gasteiger partial charge in [-0.05, 0) is 54.8 Å². The fraction of sp³-hybridized carbons (Fsp3) is 0.179. The van der Waals surface area contributed by atoms with E-state index in [0.717, 1.165) is 30.5 Å². The third kappa shape index (κ3) is 5.33. The second-order valence-corrected chi connectivity index (χ2v) is 9.74. The number of nitrogens with zero attached hydrogens (tertiary/aromatic N) is 2. The van der Waals surface area contributed by atoms with E-state index in [1.165, 1.54) is 10.7 Å². The second kappa shape index (κ2) is 10.7. The molecule has 0 saturated heterocycles. The molecule has 37 heavy (non-hydrogen) atoms. The molecule has 1 aliphatic carbocycles. The van der Waals surface area contributed by atoms with Gasteiger partial charge in [-0.25, -0.2) is 4.79 Å². The van der Waals surface area contributed by atoms with Crippen molar-refractivity contribution in [3.05, 3.63) is 99.7 Å². The van der Waals surface area contributed by atoms with Crippen LogP contribution in [0.5, 0.6) is 5.75 Å². The lowest BCUT2D eigenvalue weighted by molar-refractivity contribution is 0.102. The molecule has 1 aromatic heterocycles. The van der Waals surface area contributed by atoms with Crippen molar-refractivity contribution in [3.63, 3.8) is 0 Å². The van der Waals surface area contributed by atoms with E-state index >= 15 is 0 Å². The molecular weight excluding hydrogens is 511 g/mol. The van der Waals surface area contributed by atoms with Gasteiger partial charge in [-0.1, -0.05) is 66.0 Å². The molecule has 5 rings (SSSR count). The third-order valence-corrected chi connectivity index (χ3v) is 7.09. The van der Waals surface area contributed by atoms with E-state index in [1.54, 1.807) is 30.3 Å². The fourth-order valence-corrected chi connectivity index (χ4v) is 4.83. The highest BCUT2D eigenvalue weighted by Crippen LogP contribution is 2.39. The second-order valence-electron chi connectivity index (χ2n) is 8.92. The number of aromatic nitrogens is 2. The van der Waals surface area contributed by atoms with E-state index < -0.39 is 5.91 Å². The van der Waals surface area contributed by atoms with Crippen LogP contribution in [0.15, 0.2) is 72.8 Å². The van der Waals surface area contributed by atoms with E-state index in [4.69, 9.17) is 23.2 Å². The first-order valence-corrected chi connectivity index (χ1v) is 12.7. The van der Waals surface area contributed by atoms with Gasteiger partial charge in [-0.3, -0.25) is 4.79 Å². The quantitative estimate of drug-likeness (QED) is 0.236. The first kappa shape index (κ1) is 24.9. The van der Waals surface area contributed by atoms with Crippen molar-refractivity contribution in [1.29, 1.82) is 0 Å². The van der Waals surface area contributed by atoms with Crippen molar-refractivity contribution in [2.75, 3.05) is 5.32 Å². The smallest absolute Gasteiger partial charge is 0.342 e. The van der Waals surface area contributed by atoms with Crippen LogP contribution in [0.25, 0.3) is 11.3 Å². The average Bonchev–Trinajstić information content (AvgIpc) is 3.27. The minimum absolute atomic E-state index is 0.0247. The number of carbonyl (C=O) groups is 2. The number of carbonyl (C=O) groups excluding carboxylic acids is 2. The van der Waals surface area contributed by atoms with Crippen molar-refractivity contribution in [2.45, 2.75) is 31.7 Å². The maximum absolute atomic E-state index is 13.1. The van der Waals surface area contributed by atoms with Gasteiger partial charge in [0.05, 0.1) is 27.0 Å². The van der Waals surface area contributed by atoms with Gasteiger partial charge in [-0.2, -0.15) is 9.78 Å². The topological polar surface area (TPSA) is 96.2 Å². The molecule has 7 nitrogen and oxygen atoms in total. The van der Waals surface area contributed by atoms with Crippen LogP contribution in [0.1, 0.15) is 46.8 Å². The lowest BCUT2D eigenvalue weighted by Crippen LogP contribution is -2.31. The molecule has 1 fully saturated rings. The molecular formula is C28H24Cl2N4O3. The minimum Gasteiger partial charge on any atom is -0.507 e. The summed E-state index contributed by atoms with van der Waals surface area (Å²) in [7, 11) is 0. The Hall–Kier alpha value is -3.81. The van der Waals surface area contributed by atoms with Crippen LogP contribution in [0.4, 0.5) is 10.5 Å². The summed E-state index contributed by atoms with van der Waals surface area (Å²) in [5, 5.41) is 21.3. The van der Waals surface area contributed by atoms with E-state index in [1.807, 2.05) is 36.4 Å². The van der Waals surface area contributed by atoms with Crippen molar-refractivity contribution in [1.82, 2.24) is 15.1 Å². The number of aromatic hydroxyl groups is 1. The SMILES string of the molecule is O=C(Nc1ccc(O)c(-c2cc(C3CCC3)n(C(=O)NCc3ccccc3)n2)c1)c1c(Cl)cccc1Cl. The zero-order valence-electron chi connectivity index (χ0n) is 19.7. The number of anilines is 1. The van der Waals surface area contributed by atoms with E-state index in [2.05, 4.69) is 15.7 Å². The zero-order valence-corrected chi connectivity index (χ0v) is 21.3. The summed E-state index contributed by atoms with van der Waals surface area (Å²) in [5.41, 5.74) is 3.17. The van der Waals surface area contributed by atoms with Gasteiger partial charge in [0.2, 0.25) is 0 Å². The molecule has 3 N–H and O–H groups in total. The summed E-state index contributed by atoms with van der Waals surface area (Å²) in [4.78, 5) is 25.9. The van der Waals surface area contributed by atoms with Gasteiger partial charge in [0.25, 0.3) is 5.91 Å². The molecule has 0 atom stereocenters. The number of amides is 2. The first-order valence-electron chi connectivity index (χ1n) is 11.9. The third-order valence-electron chi connectivity index (χ3n) is 6.46. The number of hydrogen-bond donors (Lipinski definition) is 3. The van der Waals surface area contributed by atoms with Crippen molar-refractivity contribution < 1.29 is 14.7 Å². The first-order chi connectivity index (χ1) is 17.9. The Morgan fingerprint density at radius 2 is 1.70 bits per heavy atom. The summed E-state index contributed by atoms with van der Waals surface area (Å²) >= 11 is 12.3. The van der Waals surface area contributed by atoms with Crippen molar-refractivity contribution >= 4 is 40.8 Å². The zero-order chi connectivity index (χ0) is 25.9. The molecule has 9 heteroatoms. The highest BCUT2D eigenvalue weighted by molar-refractivity contribution is 6.40. The Morgan fingerprint density at radius 1 is 0.973 bits per heavy atom. The molecule has 0 radical (unpaired) electrons. The Labute approximate surface area is 224 Å². The van der Waals surface area contributed by atoms with Gasteiger partial charge in [0.1, 0.15) is 5.75 Å². The van der Waals surface area contributed by atoms with Crippen LogP contribution in [-0.2, 0) is 6.54 Å². The predicted molar refractivity (Wildman–Crippen MR) is 144 cm³/mol. The number of halogens is 2. The van der Waals surface area contributed by atoms with Crippen molar-refractivity contribution in [2.24, 2.45) is 0 Å². The highest BCUT2D eigenvalue weighted by Gasteiger charge is 2.28. The molecule has 4 aromatic rings. The maximum Gasteiger partial charge on any atom is 0.342 e. The number of rotatable bonds is 6. The Morgan fingerprint density at radius 3 is 2.38 bits per heavy atom. The van der Waals surface area contributed by atoms with Crippen LogP contribution in [0, 0.1) is 0 Å². The van der Waals surface area contributed by atoms with Crippen molar-refractivity contribution in [3.8, 4) is 17.0 Å². The van der Waals surface area contributed by atoms with Gasteiger partial charge in [0.15, 0.2) is 0 Å². The Kier molecular flexibility index (Phi) is 7.17. The summed E-state index contributed by atoms with van der Waals surface area (Å²) in [6, 6.07) is 20.6. The van der Waals surface area contributed by atoms with Crippen LogP contribution in [-0.4, -0.2) is 26.8 Å². The predicted octanol–water partition coefficient (Wildman–Crippen LogP) is 6.84. The van der Waals surface area contributed by atoms with Crippen LogP contribution in [0.2, 0.25) is 10.0 Å². The molecule has 1 heterocycles. The van der Waals surface area contributed by atoms with Gasteiger partial charge < -0.3 is 15.7 Å². The van der Waals surface area contributed by atoms with Gasteiger partial charge in [-0.15, -0.1) is 0 Å². The maximum atomic E-state index is 13.1. The standard InChI is InChI=1S/C28H24Cl2N4O3/c29-21-10-5-11-22(30)26(21)27(36)32-19-12-13-25(35)20(14-19)23-15-24(18-8-4-9-18)34(33-23)28(37)31-16-17-6-2-1-3-7-17/h1-3,5-7,10-15,18,35H,4,8-9,16H2,(H,31,37)(H,32,36). The lowest BCUT2D eigenvalue weighted by Gasteiger charge is -2.25. The van der Waals surface area contributed by atoms with E-state index in [0.29, 0.717) is 23.5 Å². The number of phenolic OH excluding ortho intramolecular Hbond substituents is 1. The molecule has 0 bridgehead atoms. The van der Waals surface area contributed by atoms with Crippen LogP contribution in [0.3, 0.4) is 0 Å². The monoisotopic (exact) mass is 534 g/mol. The molecule has 0 aliphatic heterocycles. The molecule has 0 unspecified atom stereocenters. The summed E-state index contributed by atoms with van der Waals surface area (Å²) in [6.07, 6.45) is 3.03. The van der Waals surface area contributed by atoms with E-state index in [9.17, 15) is 14.7 Å². The fourth-order valence-electron chi connectivity index (χ4n) is 4.26. The Balaban J connectivity index is 1.42.